The molecule has 0 unspecified atom stereocenters. The van der Waals surface area contributed by atoms with Gasteiger partial charge in [0.2, 0.25) is 0 Å². The van der Waals surface area contributed by atoms with Crippen LogP contribution in [0.1, 0.15) is 11.1 Å². The summed E-state index contributed by atoms with van der Waals surface area (Å²) in [7, 11) is 0. The van der Waals surface area contributed by atoms with E-state index in [4.69, 9.17) is 0 Å². The molecule has 0 amide bonds. The monoisotopic (exact) mass is 417 g/mol. The highest BCUT2D eigenvalue weighted by molar-refractivity contribution is 14.1. The van der Waals surface area contributed by atoms with E-state index in [0.29, 0.717) is 0 Å². The molecule has 0 saturated carbocycles. The highest BCUT2D eigenvalue weighted by Gasteiger charge is 2.12. The van der Waals surface area contributed by atoms with Crippen LogP contribution in [0.3, 0.4) is 0 Å². The van der Waals surface area contributed by atoms with Crippen LogP contribution in [-0.2, 0) is 6.42 Å². The van der Waals surface area contributed by atoms with Crippen molar-refractivity contribution in [1.29, 1.82) is 0 Å². The Morgan fingerprint density at radius 1 is 0.957 bits per heavy atom. The lowest BCUT2D eigenvalue weighted by molar-refractivity contribution is -0.384. The first-order valence-corrected chi connectivity index (χ1v) is 8.19. The van der Waals surface area contributed by atoms with Gasteiger partial charge in [0.05, 0.1) is 10.4 Å². The molecule has 2 aromatic carbocycles. The first-order valence-electron chi connectivity index (χ1n) is 7.12. The Labute approximate surface area is 145 Å². The molecule has 0 fully saturated rings. The molecular formula is C17H12IN3O2. The predicted octanol–water partition coefficient (Wildman–Crippen LogP) is 4.75. The third-order valence-corrected chi connectivity index (χ3v) is 4.74. The van der Waals surface area contributed by atoms with Crippen LogP contribution >= 0.6 is 22.6 Å². The molecule has 4 rings (SSSR count). The molecule has 0 saturated heterocycles. The molecule has 0 radical (unpaired) electrons. The Kier molecular flexibility index (Phi) is 3.33. The lowest BCUT2D eigenvalue weighted by Crippen LogP contribution is -1.88. The van der Waals surface area contributed by atoms with Crippen LogP contribution in [0, 0.1) is 13.7 Å². The SMILES string of the molecule is O=[N+]([O-])c1ccc2c(Cc3c[nH]c4ccc(I)cc34)c[nH]c2c1. The minimum absolute atomic E-state index is 0.104. The van der Waals surface area contributed by atoms with Crippen molar-refractivity contribution in [3.8, 4) is 0 Å². The summed E-state index contributed by atoms with van der Waals surface area (Å²) >= 11 is 2.31. The van der Waals surface area contributed by atoms with E-state index in [1.807, 2.05) is 18.5 Å². The number of rotatable bonds is 3. The molecule has 0 bridgehead atoms. The van der Waals surface area contributed by atoms with Crippen molar-refractivity contribution in [3.63, 3.8) is 0 Å². The summed E-state index contributed by atoms with van der Waals surface area (Å²) < 4.78 is 1.20. The summed E-state index contributed by atoms with van der Waals surface area (Å²) in [5, 5.41) is 13.1. The van der Waals surface area contributed by atoms with E-state index in [-0.39, 0.29) is 10.6 Å². The molecule has 5 nitrogen and oxygen atoms in total. The van der Waals surface area contributed by atoms with Gasteiger partial charge < -0.3 is 9.97 Å². The lowest BCUT2D eigenvalue weighted by atomic mass is 10.0. The number of halogens is 1. The molecule has 2 heterocycles. The zero-order chi connectivity index (χ0) is 16.0. The maximum atomic E-state index is 10.9. The minimum atomic E-state index is -0.373. The van der Waals surface area contributed by atoms with Crippen LogP contribution in [0.5, 0.6) is 0 Å². The molecule has 0 spiro atoms. The van der Waals surface area contributed by atoms with Gasteiger partial charge in [0.25, 0.3) is 5.69 Å². The van der Waals surface area contributed by atoms with Gasteiger partial charge in [-0.25, -0.2) is 0 Å². The maximum absolute atomic E-state index is 10.9. The first-order chi connectivity index (χ1) is 11.1. The number of benzene rings is 2. The van der Waals surface area contributed by atoms with Crippen molar-refractivity contribution in [3.05, 3.63) is 73.6 Å². The van der Waals surface area contributed by atoms with Gasteiger partial charge in [-0.05, 0) is 58.0 Å². The van der Waals surface area contributed by atoms with E-state index in [2.05, 4.69) is 50.8 Å². The number of nitrogens with zero attached hydrogens (tertiary/aromatic N) is 1. The second-order valence-electron chi connectivity index (χ2n) is 5.48. The number of H-pyrrole nitrogens is 2. The highest BCUT2D eigenvalue weighted by atomic mass is 127. The van der Waals surface area contributed by atoms with E-state index >= 15 is 0 Å². The summed E-state index contributed by atoms with van der Waals surface area (Å²) in [4.78, 5) is 16.9. The van der Waals surface area contributed by atoms with Crippen molar-refractivity contribution < 1.29 is 4.92 Å². The van der Waals surface area contributed by atoms with Crippen molar-refractivity contribution in [1.82, 2.24) is 9.97 Å². The molecular weight excluding hydrogens is 405 g/mol. The number of nitrogens with one attached hydrogen (secondary N) is 2. The van der Waals surface area contributed by atoms with Gasteiger partial charge in [-0.15, -0.1) is 0 Å². The quantitative estimate of drug-likeness (QED) is 0.287. The second kappa shape index (κ2) is 5.38. The number of hydrogen-bond acceptors (Lipinski definition) is 2. The largest absolute Gasteiger partial charge is 0.361 e. The molecule has 23 heavy (non-hydrogen) atoms. The zero-order valence-corrected chi connectivity index (χ0v) is 14.1. The van der Waals surface area contributed by atoms with Gasteiger partial charge >= 0.3 is 0 Å². The predicted molar refractivity (Wildman–Crippen MR) is 98.8 cm³/mol. The average Bonchev–Trinajstić information content (AvgIpc) is 3.12. The fraction of sp³-hybridized carbons (Fsp3) is 0.0588. The lowest BCUT2D eigenvalue weighted by Gasteiger charge is -2.00. The summed E-state index contributed by atoms with van der Waals surface area (Å²) in [5.41, 5.74) is 4.37. The number of nitro groups is 1. The van der Waals surface area contributed by atoms with Gasteiger partial charge in [-0.2, -0.15) is 0 Å². The van der Waals surface area contributed by atoms with E-state index in [9.17, 15) is 10.1 Å². The number of nitro benzene ring substituents is 1. The second-order valence-corrected chi connectivity index (χ2v) is 6.73. The van der Waals surface area contributed by atoms with Crippen LogP contribution in [0.25, 0.3) is 21.8 Å². The fourth-order valence-electron chi connectivity index (χ4n) is 2.94. The van der Waals surface area contributed by atoms with Crippen LogP contribution < -0.4 is 0 Å². The third kappa shape index (κ3) is 2.48. The first kappa shape index (κ1) is 14.3. The fourth-order valence-corrected chi connectivity index (χ4v) is 3.43. The molecule has 2 N–H and O–H groups in total. The molecule has 0 atom stereocenters. The van der Waals surface area contributed by atoms with Crippen LogP contribution in [0.4, 0.5) is 5.69 Å². The standard InChI is InChI=1S/C17H12IN3O2/c18-12-1-4-16-15(6-12)11(9-19-16)5-10-8-20-17-7-13(21(22)23)2-3-14(10)17/h1-4,6-9,19-20H,5H2. The van der Waals surface area contributed by atoms with E-state index in [0.717, 1.165) is 28.4 Å². The van der Waals surface area contributed by atoms with Crippen molar-refractivity contribution in [2.75, 3.05) is 0 Å². The molecule has 6 heteroatoms. The number of fused-ring (bicyclic) bond motifs is 2. The molecule has 4 aromatic rings. The summed E-state index contributed by atoms with van der Waals surface area (Å²) in [5.74, 6) is 0. The minimum Gasteiger partial charge on any atom is -0.361 e. The van der Waals surface area contributed by atoms with Gasteiger partial charge in [0.15, 0.2) is 0 Å². The molecule has 0 aliphatic heterocycles. The van der Waals surface area contributed by atoms with Crippen molar-refractivity contribution >= 4 is 50.1 Å². The molecule has 0 aliphatic carbocycles. The highest BCUT2D eigenvalue weighted by Crippen LogP contribution is 2.28. The molecule has 2 aromatic heterocycles. The Morgan fingerprint density at radius 3 is 2.48 bits per heavy atom. The molecule has 0 aliphatic rings. The number of aromatic nitrogens is 2. The molecule has 114 valence electrons. The van der Waals surface area contributed by atoms with Crippen LogP contribution in [0.15, 0.2) is 48.8 Å². The topological polar surface area (TPSA) is 74.7 Å². The average molecular weight is 417 g/mol. The van der Waals surface area contributed by atoms with E-state index in [1.165, 1.54) is 14.5 Å². The Hall–Kier alpha value is -2.35. The number of non-ortho nitro benzene ring substituents is 1. The normalized spacial score (nSPS) is 11.3. The Balaban J connectivity index is 1.77. The van der Waals surface area contributed by atoms with E-state index in [1.54, 1.807) is 12.1 Å². The summed E-state index contributed by atoms with van der Waals surface area (Å²) in [6, 6.07) is 11.3. The number of hydrogen-bond donors (Lipinski definition) is 2. The number of aromatic amines is 2. The van der Waals surface area contributed by atoms with Crippen LogP contribution in [0.2, 0.25) is 0 Å². The zero-order valence-electron chi connectivity index (χ0n) is 12.0. The summed E-state index contributed by atoms with van der Waals surface area (Å²) in [6.45, 7) is 0. The smallest absolute Gasteiger partial charge is 0.271 e. The van der Waals surface area contributed by atoms with E-state index < -0.39 is 0 Å². The Morgan fingerprint density at radius 2 is 1.70 bits per heavy atom. The third-order valence-electron chi connectivity index (χ3n) is 4.07. The van der Waals surface area contributed by atoms with Crippen molar-refractivity contribution in [2.45, 2.75) is 6.42 Å². The summed E-state index contributed by atoms with van der Waals surface area (Å²) in [6.07, 6.45) is 4.74. The van der Waals surface area contributed by atoms with Gasteiger partial charge in [0.1, 0.15) is 0 Å². The van der Waals surface area contributed by atoms with Gasteiger partial charge in [-0.3, -0.25) is 10.1 Å². The maximum Gasteiger partial charge on any atom is 0.271 e. The van der Waals surface area contributed by atoms with Gasteiger partial charge in [-0.1, -0.05) is 0 Å². The Bertz CT molecular complexity index is 1050. The van der Waals surface area contributed by atoms with Crippen LogP contribution in [-0.4, -0.2) is 14.9 Å². The van der Waals surface area contributed by atoms with Crippen molar-refractivity contribution in [2.24, 2.45) is 0 Å². The van der Waals surface area contributed by atoms with Gasteiger partial charge in [0, 0.05) is 50.8 Å².